The Labute approximate surface area is 182 Å². The third-order valence-corrected chi connectivity index (χ3v) is 8.10. The highest BCUT2D eigenvalue weighted by Crippen LogP contribution is 2.55. The van der Waals surface area contributed by atoms with E-state index < -0.39 is 5.54 Å². The van der Waals surface area contributed by atoms with Gasteiger partial charge in [-0.1, -0.05) is 36.4 Å². The lowest BCUT2D eigenvalue weighted by atomic mass is 9.94. The Kier molecular flexibility index (Phi) is 2.70. The molecule has 3 atom stereocenters. The summed E-state index contributed by atoms with van der Waals surface area (Å²) in [7, 11) is 0. The van der Waals surface area contributed by atoms with Gasteiger partial charge < -0.3 is 20.2 Å². The number of nitrogens with two attached hydrogens (primary N) is 1. The van der Waals surface area contributed by atoms with E-state index >= 15 is 0 Å². The number of nitriles is 1. The predicted molar refractivity (Wildman–Crippen MR) is 123 cm³/mol. The van der Waals surface area contributed by atoms with Crippen molar-refractivity contribution >= 4 is 49.5 Å². The zero-order valence-corrected chi connectivity index (χ0v) is 17.2. The maximum Gasteiger partial charge on any atom is 0.252 e. The molecule has 8 rings (SSSR count). The quantitative estimate of drug-likeness (QED) is 0.395. The van der Waals surface area contributed by atoms with E-state index in [9.17, 15) is 10.1 Å². The molecule has 1 aliphatic carbocycles. The van der Waals surface area contributed by atoms with Crippen LogP contribution in [0.25, 0.3) is 43.6 Å². The molecule has 0 unspecified atom stereocenters. The molecule has 5 aromatic rings. The molecule has 0 saturated heterocycles. The SMILES string of the molecule is N#C[C@]1(N)C[C@@H]2C[C@H]1n1c3ccccc3c3c4c(c5c6ccccc6n2c5c31)C(=O)NC4. The standard InChI is InChI=1S/C26H19N5O/c27-12-26(28)10-13-9-19(26)31-18-8-4-1-5-14(18)20-16-11-29-25(32)22(16)21-15-6-2-3-7-17(15)30(13)24(21)23(20)31/h1-8,13,19H,9-11,28H2,(H,29,32)/t13-,19+,26+/m0/s1. The van der Waals surface area contributed by atoms with E-state index in [2.05, 4.69) is 50.9 Å². The molecule has 2 aromatic heterocycles. The number of para-hydroxylation sites is 2. The van der Waals surface area contributed by atoms with Crippen molar-refractivity contribution in [1.29, 1.82) is 5.26 Å². The summed E-state index contributed by atoms with van der Waals surface area (Å²) in [6.45, 7) is 0.522. The van der Waals surface area contributed by atoms with Crippen molar-refractivity contribution < 1.29 is 4.79 Å². The van der Waals surface area contributed by atoms with Crippen molar-refractivity contribution in [3.05, 3.63) is 59.7 Å². The number of rotatable bonds is 0. The van der Waals surface area contributed by atoms with Crippen LogP contribution >= 0.6 is 0 Å². The molecule has 3 aromatic carbocycles. The lowest BCUT2D eigenvalue weighted by molar-refractivity contribution is 0.0967. The number of carbonyl (C=O) groups excluding carboxylic acids is 1. The van der Waals surface area contributed by atoms with Crippen LogP contribution in [0.15, 0.2) is 48.5 Å². The molecular formula is C26H19N5O. The highest BCUT2D eigenvalue weighted by molar-refractivity contribution is 6.31. The number of benzene rings is 3. The maximum atomic E-state index is 13.1. The lowest BCUT2D eigenvalue weighted by Gasteiger charge is -2.28. The van der Waals surface area contributed by atoms with Crippen molar-refractivity contribution in [3.63, 3.8) is 0 Å². The zero-order valence-electron chi connectivity index (χ0n) is 17.2. The Morgan fingerprint density at radius 3 is 2.41 bits per heavy atom. The molecule has 1 amide bonds. The van der Waals surface area contributed by atoms with E-state index in [1.165, 1.54) is 0 Å². The van der Waals surface area contributed by atoms with E-state index in [4.69, 9.17) is 5.73 Å². The van der Waals surface area contributed by atoms with Crippen LogP contribution in [0.1, 0.15) is 40.8 Å². The second-order valence-corrected chi connectivity index (χ2v) is 9.52. The van der Waals surface area contributed by atoms with Gasteiger partial charge in [-0.05, 0) is 24.1 Å². The lowest BCUT2D eigenvalue weighted by Crippen LogP contribution is -2.43. The Balaban J connectivity index is 1.77. The number of nitrogens with one attached hydrogen (secondary N) is 1. The molecule has 3 N–H and O–H groups in total. The molecule has 6 nitrogen and oxygen atoms in total. The number of aromatic nitrogens is 2. The summed E-state index contributed by atoms with van der Waals surface area (Å²) in [6.07, 6.45) is 1.40. The van der Waals surface area contributed by atoms with Gasteiger partial charge in [0.25, 0.3) is 5.91 Å². The first-order valence-corrected chi connectivity index (χ1v) is 11.1. The first kappa shape index (κ1) is 16.8. The van der Waals surface area contributed by atoms with Gasteiger partial charge in [-0.15, -0.1) is 0 Å². The van der Waals surface area contributed by atoms with Gasteiger partial charge in [0, 0.05) is 51.6 Å². The number of carbonyl (C=O) groups is 1. The van der Waals surface area contributed by atoms with E-state index in [0.717, 1.165) is 61.2 Å². The number of amides is 1. The van der Waals surface area contributed by atoms with Crippen molar-refractivity contribution in [2.45, 2.75) is 37.0 Å². The molecule has 2 aliphatic heterocycles. The minimum atomic E-state index is -0.943. The fourth-order valence-electron chi connectivity index (χ4n) is 6.94. The van der Waals surface area contributed by atoms with Crippen LogP contribution in [0.4, 0.5) is 0 Å². The monoisotopic (exact) mass is 417 g/mol. The van der Waals surface area contributed by atoms with Gasteiger partial charge in [0.15, 0.2) is 0 Å². The summed E-state index contributed by atoms with van der Waals surface area (Å²) in [5.41, 5.74) is 12.2. The van der Waals surface area contributed by atoms with Gasteiger partial charge in [-0.3, -0.25) is 4.79 Å². The average Bonchev–Trinajstić information content (AvgIpc) is 3.51. The van der Waals surface area contributed by atoms with E-state index in [0.29, 0.717) is 13.0 Å². The van der Waals surface area contributed by atoms with Gasteiger partial charge in [0.1, 0.15) is 5.54 Å². The van der Waals surface area contributed by atoms with Crippen LogP contribution in [-0.4, -0.2) is 20.6 Å². The van der Waals surface area contributed by atoms with Crippen LogP contribution in [0, 0.1) is 11.3 Å². The van der Waals surface area contributed by atoms with Crippen LogP contribution < -0.4 is 11.1 Å². The summed E-state index contributed by atoms with van der Waals surface area (Å²) in [5.74, 6) is 0.00115. The molecule has 0 spiro atoms. The molecule has 3 aliphatic rings. The second-order valence-electron chi connectivity index (χ2n) is 9.52. The smallest absolute Gasteiger partial charge is 0.252 e. The summed E-state index contributed by atoms with van der Waals surface area (Å²) in [4.78, 5) is 13.1. The highest BCUT2D eigenvalue weighted by Gasteiger charge is 2.50. The van der Waals surface area contributed by atoms with Crippen molar-refractivity contribution in [3.8, 4) is 6.07 Å². The first-order chi connectivity index (χ1) is 15.6. The van der Waals surface area contributed by atoms with Crippen molar-refractivity contribution in [2.24, 2.45) is 5.73 Å². The van der Waals surface area contributed by atoms with E-state index in [1.807, 2.05) is 18.2 Å². The molecule has 1 saturated carbocycles. The van der Waals surface area contributed by atoms with Crippen LogP contribution in [-0.2, 0) is 6.54 Å². The molecule has 154 valence electrons. The number of hydrogen-bond acceptors (Lipinski definition) is 3. The summed E-state index contributed by atoms with van der Waals surface area (Å²) >= 11 is 0. The predicted octanol–water partition coefficient (Wildman–Crippen LogP) is 4.26. The summed E-state index contributed by atoms with van der Waals surface area (Å²) in [6, 6.07) is 19.2. The highest BCUT2D eigenvalue weighted by atomic mass is 16.1. The fraction of sp³-hybridized carbons (Fsp3) is 0.231. The molecule has 6 heteroatoms. The topological polar surface area (TPSA) is 88.8 Å². The Morgan fingerprint density at radius 2 is 1.66 bits per heavy atom. The van der Waals surface area contributed by atoms with E-state index in [1.54, 1.807) is 0 Å². The largest absolute Gasteiger partial charge is 0.348 e. The van der Waals surface area contributed by atoms with Gasteiger partial charge >= 0.3 is 0 Å². The number of nitrogens with zero attached hydrogens (tertiary/aromatic N) is 3. The van der Waals surface area contributed by atoms with Crippen molar-refractivity contribution in [1.82, 2.24) is 14.5 Å². The van der Waals surface area contributed by atoms with Crippen LogP contribution in [0.3, 0.4) is 0 Å². The maximum absolute atomic E-state index is 13.1. The second kappa shape index (κ2) is 5.14. The van der Waals surface area contributed by atoms with Gasteiger partial charge in [-0.25, -0.2) is 0 Å². The summed E-state index contributed by atoms with van der Waals surface area (Å²) in [5, 5.41) is 17.6. The molecule has 32 heavy (non-hydrogen) atoms. The van der Waals surface area contributed by atoms with Crippen molar-refractivity contribution in [2.75, 3.05) is 0 Å². The van der Waals surface area contributed by atoms with Gasteiger partial charge in [0.05, 0.1) is 28.7 Å². The van der Waals surface area contributed by atoms with Gasteiger partial charge in [0.2, 0.25) is 0 Å². The molecule has 1 fully saturated rings. The molecule has 4 heterocycles. The zero-order chi connectivity index (χ0) is 21.4. The van der Waals surface area contributed by atoms with E-state index in [-0.39, 0.29) is 18.0 Å². The Bertz CT molecular complexity index is 1750. The normalized spacial score (nSPS) is 25.7. The van der Waals surface area contributed by atoms with Crippen LogP contribution in [0.5, 0.6) is 0 Å². The minimum absolute atomic E-state index is 0.00115. The first-order valence-electron chi connectivity index (χ1n) is 11.1. The molecule has 2 bridgehead atoms. The Morgan fingerprint density at radius 1 is 1.00 bits per heavy atom. The number of fused-ring (bicyclic) bond motifs is 13. The molecular weight excluding hydrogens is 398 g/mol. The minimum Gasteiger partial charge on any atom is -0.348 e. The van der Waals surface area contributed by atoms with Crippen LogP contribution in [0.2, 0.25) is 0 Å². The molecule has 0 radical (unpaired) electrons. The average molecular weight is 417 g/mol. The van der Waals surface area contributed by atoms with Gasteiger partial charge in [-0.2, -0.15) is 5.26 Å². The number of hydrogen-bond donors (Lipinski definition) is 2. The summed E-state index contributed by atoms with van der Waals surface area (Å²) < 4.78 is 4.72. The fourth-order valence-corrected chi connectivity index (χ4v) is 6.94. The Hall–Kier alpha value is -3.82. The third kappa shape index (κ3) is 1.62. The third-order valence-electron chi connectivity index (χ3n) is 8.10.